The second-order valence-corrected chi connectivity index (χ2v) is 9.38. The van der Waals surface area contributed by atoms with Crippen molar-refractivity contribution in [2.24, 2.45) is 5.92 Å². The van der Waals surface area contributed by atoms with Gasteiger partial charge in [0.2, 0.25) is 5.91 Å². The van der Waals surface area contributed by atoms with Crippen molar-refractivity contribution in [1.29, 1.82) is 0 Å². The Morgan fingerprint density at radius 1 is 0.886 bits per heavy atom. The third kappa shape index (κ3) is 4.74. The van der Waals surface area contributed by atoms with E-state index in [0.29, 0.717) is 5.02 Å². The van der Waals surface area contributed by atoms with Gasteiger partial charge in [0.25, 0.3) is 5.69 Å². The number of nitro benzene ring substituents is 1. The van der Waals surface area contributed by atoms with Gasteiger partial charge in [0.05, 0.1) is 22.6 Å². The number of likely N-dealkylation sites (tertiary alicyclic amines) is 1. The van der Waals surface area contributed by atoms with E-state index in [1.54, 1.807) is 29.3 Å². The summed E-state index contributed by atoms with van der Waals surface area (Å²) >= 11 is 6.14. The number of amides is 1. The Morgan fingerprint density at radius 2 is 1.54 bits per heavy atom. The highest BCUT2D eigenvalue weighted by Gasteiger charge is 2.50. The van der Waals surface area contributed by atoms with Gasteiger partial charge in [0.15, 0.2) is 0 Å². The van der Waals surface area contributed by atoms with Crippen molar-refractivity contribution in [3.8, 4) is 0 Å². The van der Waals surface area contributed by atoms with Crippen LogP contribution in [0.5, 0.6) is 0 Å². The van der Waals surface area contributed by atoms with Crippen LogP contribution in [-0.4, -0.2) is 28.8 Å². The first-order valence-corrected chi connectivity index (χ1v) is 12.2. The standard InChI is InChI=1S/C27H26ClN3O4/c28-21-11-15-22(16-12-21)30-25(19-9-13-23(14-10-19)31(33)34)24(27(32)29-17-5-2-6-18-29)26(35-30)20-7-3-1-4-8-20/h1,3-4,7-16,24-26H,2,5-6,17-18H2/t24-,25-,26+/m1/s1. The molecule has 0 spiro atoms. The number of hydroxylamine groups is 1. The van der Waals surface area contributed by atoms with E-state index in [4.69, 9.17) is 16.4 Å². The van der Waals surface area contributed by atoms with Crippen LogP contribution < -0.4 is 5.06 Å². The van der Waals surface area contributed by atoms with Gasteiger partial charge >= 0.3 is 0 Å². The predicted octanol–water partition coefficient (Wildman–Crippen LogP) is 6.11. The highest BCUT2D eigenvalue weighted by molar-refractivity contribution is 6.30. The number of nitrogens with zero attached hydrogens (tertiary/aromatic N) is 3. The van der Waals surface area contributed by atoms with Crippen LogP contribution >= 0.6 is 11.6 Å². The van der Waals surface area contributed by atoms with E-state index in [1.807, 2.05) is 47.4 Å². The molecule has 2 aliphatic rings. The SMILES string of the molecule is O=C([C@@H]1[C@@H](c2ccc([N+](=O)[O-])cc2)N(c2ccc(Cl)cc2)O[C@H]1c1ccccc1)N1CCCCC1. The maximum Gasteiger partial charge on any atom is 0.269 e. The zero-order valence-electron chi connectivity index (χ0n) is 19.1. The lowest BCUT2D eigenvalue weighted by atomic mass is 9.84. The second-order valence-electron chi connectivity index (χ2n) is 8.94. The summed E-state index contributed by atoms with van der Waals surface area (Å²) < 4.78 is 0. The maximum absolute atomic E-state index is 14.1. The van der Waals surface area contributed by atoms with Gasteiger partial charge in [-0.15, -0.1) is 0 Å². The van der Waals surface area contributed by atoms with Gasteiger partial charge in [-0.05, 0) is 54.7 Å². The Balaban J connectivity index is 1.62. The largest absolute Gasteiger partial charge is 0.342 e. The van der Waals surface area contributed by atoms with E-state index < -0.39 is 23.0 Å². The summed E-state index contributed by atoms with van der Waals surface area (Å²) in [5.74, 6) is -0.494. The molecule has 180 valence electrons. The lowest BCUT2D eigenvalue weighted by molar-refractivity contribution is -0.384. The summed E-state index contributed by atoms with van der Waals surface area (Å²) in [6, 6.07) is 23.0. The number of hydrogen-bond acceptors (Lipinski definition) is 5. The molecule has 0 N–H and O–H groups in total. The molecule has 0 aromatic heterocycles. The molecule has 0 saturated carbocycles. The predicted molar refractivity (Wildman–Crippen MR) is 134 cm³/mol. The minimum atomic E-state index is -0.535. The number of nitro groups is 1. The average Bonchev–Trinajstić information content (AvgIpc) is 3.30. The number of carbonyl (C=O) groups excluding carboxylic acids is 1. The Bertz CT molecular complexity index is 1180. The van der Waals surface area contributed by atoms with Gasteiger partial charge in [-0.1, -0.05) is 54.1 Å². The molecule has 5 rings (SSSR count). The van der Waals surface area contributed by atoms with Crippen LogP contribution in [0.4, 0.5) is 11.4 Å². The molecule has 0 bridgehead atoms. The molecular weight excluding hydrogens is 466 g/mol. The first kappa shape index (κ1) is 23.3. The van der Waals surface area contributed by atoms with E-state index >= 15 is 0 Å². The third-order valence-electron chi connectivity index (χ3n) is 6.75. The van der Waals surface area contributed by atoms with Crippen molar-refractivity contribution in [2.75, 3.05) is 18.2 Å². The normalized spacial score (nSPS) is 22.3. The fourth-order valence-corrected chi connectivity index (χ4v) is 5.14. The number of anilines is 1. The number of non-ortho nitro benzene ring substituents is 1. The Labute approximate surface area is 209 Å². The molecule has 1 amide bonds. The smallest absolute Gasteiger partial charge is 0.269 e. The van der Waals surface area contributed by atoms with Gasteiger partial charge in [-0.2, -0.15) is 0 Å². The Morgan fingerprint density at radius 3 is 2.17 bits per heavy atom. The molecule has 3 aromatic carbocycles. The molecule has 2 fully saturated rings. The van der Waals surface area contributed by atoms with Crippen LogP contribution in [0.2, 0.25) is 5.02 Å². The third-order valence-corrected chi connectivity index (χ3v) is 7.01. The van der Waals surface area contributed by atoms with Crippen LogP contribution in [0.15, 0.2) is 78.9 Å². The van der Waals surface area contributed by atoms with Crippen LogP contribution in [0.1, 0.15) is 42.5 Å². The first-order chi connectivity index (χ1) is 17.0. The lowest BCUT2D eigenvalue weighted by Crippen LogP contribution is -2.42. The van der Waals surface area contributed by atoms with Crippen molar-refractivity contribution >= 4 is 28.9 Å². The summed E-state index contributed by atoms with van der Waals surface area (Å²) in [6.07, 6.45) is 2.58. The number of carbonyl (C=O) groups is 1. The molecule has 2 aliphatic heterocycles. The molecule has 0 radical (unpaired) electrons. The Hall–Kier alpha value is -3.42. The summed E-state index contributed by atoms with van der Waals surface area (Å²) in [6.45, 7) is 1.45. The van der Waals surface area contributed by atoms with E-state index in [9.17, 15) is 14.9 Å². The monoisotopic (exact) mass is 491 g/mol. The molecule has 3 atom stereocenters. The highest BCUT2D eigenvalue weighted by atomic mass is 35.5. The topological polar surface area (TPSA) is 75.9 Å². The van der Waals surface area contributed by atoms with Crippen LogP contribution in [0, 0.1) is 16.0 Å². The van der Waals surface area contributed by atoms with Crippen LogP contribution in [0.3, 0.4) is 0 Å². The maximum atomic E-state index is 14.1. The average molecular weight is 492 g/mol. The summed E-state index contributed by atoms with van der Waals surface area (Å²) in [4.78, 5) is 33.4. The van der Waals surface area contributed by atoms with Crippen molar-refractivity contribution in [2.45, 2.75) is 31.4 Å². The van der Waals surface area contributed by atoms with Crippen molar-refractivity contribution in [1.82, 2.24) is 4.90 Å². The second kappa shape index (κ2) is 10.1. The van der Waals surface area contributed by atoms with Gasteiger partial charge < -0.3 is 4.90 Å². The van der Waals surface area contributed by atoms with Crippen LogP contribution in [0.25, 0.3) is 0 Å². The van der Waals surface area contributed by atoms with E-state index in [2.05, 4.69) is 0 Å². The van der Waals surface area contributed by atoms with E-state index in [1.165, 1.54) is 12.1 Å². The van der Waals surface area contributed by atoms with Crippen LogP contribution in [-0.2, 0) is 9.63 Å². The Kier molecular flexibility index (Phi) is 6.70. The number of benzene rings is 3. The zero-order valence-corrected chi connectivity index (χ0v) is 19.9. The van der Waals surface area contributed by atoms with Crippen molar-refractivity contribution in [3.05, 3.63) is 105 Å². The highest BCUT2D eigenvalue weighted by Crippen LogP contribution is 2.50. The molecule has 8 heteroatoms. The minimum Gasteiger partial charge on any atom is -0.342 e. The lowest BCUT2D eigenvalue weighted by Gasteiger charge is -2.33. The first-order valence-electron chi connectivity index (χ1n) is 11.8. The molecule has 2 heterocycles. The van der Waals surface area contributed by atoms with Gasteiger partial charge in [0.1, 0.15) is 6.10 Å². The van der Waals surface area contributed by atoms with E-state index in [-0.39, 0.29) is 11.6 Å². The summed E-state index contributed by atoms with van der Waals surface area (Å²) in [7, 11) is 0. The number of piperidine rings is 1. The molecule has 7 nitrogen and oxygen atoms in total. The molecule has 3 aromatic rings. The number of rotatable bonds is 5. The van der Waals surface area contributed by atoms with Gasteiger partial charge in [0, 0.05) is 30.2 Å². The van der Waals surface area contributed by atoms with Gasteiger partial charge in [-0.3, -0.25) is 19.7 Å². The molecule has 0 unspecified atom stereocenters. The fourth-order valence-electron chi connectivity index (χ4n) is 5.01. The molecular formula is C27H26ClN3O4. The molecule has 2 saturated heterocycles. The summed E-state index contributed by atoms with van der Waals surface area (Å²) in [5, 5.41) is 13.6. The fraction of sp³-hybridized carbons (Fsp3) is 0.296. The summed E-state index contributed by atoms with van der Waals surface area (Å²) in [5.41, 5.74) is 2.45. The molecule has 35 heavy (non-hydrogen) atoms. The van der Waals surface area contributed by atoms with Gasteiger partial charge in [-0.25, -0.2) is 5.06 Å². The minimum absolute atomic E-state index is 0.00391. The molecule has 0 aliphatic carbocycles. The number of halogens is 1. The number of hydrogen-bond donors (Lipinski definition) is 0. The van der Waals surface area contributed by atoms with Crippen molar-refractivity contribution < 1.29 is 14.6 Å². The quantitative estimate of drug-likeness (QED) is 0.318. The van der Waals surface area contributed by atoms with E-state index in [0.717, 1.165) is 49.2 Å². The van der Waals surface area contributed by atoms with Crippen molar-refractivity contribution in [3.63, 3.8) is 0 Å². The zero-order chi connectivity index (χ0) is 24.4.